The van der Waals surface area contributed by atoms with Crippen LogP contribution in [0.25, 0.3) is 16.7 Å². The molecule has 25 heavy (non-hydrogen) atoms. The Morgan fingerprint density at radius 3 is 2.52 bits per heavy atom. The van der Waals surface area contributed by atoms with Gasteiger partial charge in [-0.2, -0.15) is 0 Å². The second-order valence-corrected chi connectivity index (χ2v) is 6.75. The number of likely N-dealkylation sites (tertiary alicyclic amines) is 1. The fourth-order valence-corrected chi connectivity index (χ4v) is 3.51. The monoisotopic (exact) mass is 334 g/mol. The van der Waals surface area contributed by atoms with Crippen molar-refractivity contribution in [3.8, 4) is 5.69 Å². The summed E-state index contributed by atoms with van der Waals surface area (Å²) < 4.78 is 2.19. The number of amides is 1. The van der Waals surface area contributed by atoms with E-state index >= 15 is 0 Å². The molecule has 128 valence electrons. The Kier molecular flexibility index (Phi) is 4.01. The van der Waals surface area contributed by atoms with Gasteiger partial charge in [-0.15, -0.1) is 0 Å². The summed E-state index contributed by atoms with van der Waals surface area (Å²) in [6, 6.07) is 14.0. The maximum Gasteiger partial charge on any atom is 0.248 e. The lowest BCUT2D eigenvalue weighted by molar-refractivity contribution is 0.100. The maximum atomic E-state index is 11.5. The SMILES string of the molecule is Cc1ccc(-n2c(CN3CCCC3)nc3cc(C(N)=O)ccc32)cc1. The molecule has 0 saturated carbocycles. The van der Waals surface area contributed by atoms with Gasteiger partial charge in [-0.25, -0.2) is 4.98 Å². The Balaban J connectivity index is 1.86. The van der Waals surface area contributed by atoms with Crippen LogP contribution in [0, 0.1) is 6.92 Å². The predicted molar refractivity (Wildman–Crippen MR) is 98.8 cm³/mol. The van der Waals surface area contributed by atoms with E-state index in [9.17, 15) is 4.79 Å². The molecule has 1 fully saturated rings. The molecule has 1 aliphatic heterocycles. The quantitative estimate of drug-likeness (QED) is 0.797. The van der Waals surface area contributed by atoms with Gasteiger partial charge in [-0.3, -0.25) is 14.3 Å². The Labute approximate surface area is 147 Å². The van der Waals surface area contributed by atoms with Crippen LogP contribution in [-0.2, 0) is 6.54 Å². The molecule has 0 bridgehead atoms. The van der Waals surface area contributed by atoms with Crippen molar-refractivity contribution in [2.45, 2.75) is 26.3 Å². The second-order valence-electron chi connectivity index (χ2n) is 6.75. The number of hydrogen-bond donors (Lipinski definition) is 1. The molecule has 1 amide bonds. The van der Waals surface area contributed by atoms with Gasteiger partial charge in [-0.1, -0.05) is 17.7 Å². The number of carbonyl (C=O) groups excluding carboxylic acids is 1. The minimum absolute atomic E-state index is 0.423. The van der Waals surface area contributed by atoms with Crippen LogP contribution in [0.1, 0.15) is 34.6 Å². The van der Waals surface area contributed by atoms with Gasteiger partial charge in [0.2, 0.25) is 5.91 Å². The van der Waals surface area contributed by atoms with Crippen molar-refractivity contribution in [3.05, 3.63) is 59.4 Å². The van der Waals surface area contributed by atoms with E-state index < -0.39 is 5.91 Å². The molecule has 4 rings (SSSR count). The first-order valence-electron chi connectivity index (χ1n) is 8.72. The Morgan fingerprint density at radius 1 is 1.12 bits per heavy atom. The Morgan fingerprint density at radius 2 is 1.84 bits per heavy atom. The predicted octanol–water partition coefficient (Wildman–Crippen LogP) is 3.03. The van der Waals surface area contributed by atoms with E-state index in [0.717, 1.165) is 42.2 Å². The van der Waals surface area contributed by atoms with Crippen LogP contribution in [0.5, 0.6) is 0 Å². The highest BCUT2D eigenvalue weighted by Crippen LogP contribution is 2.25. The van der Waals surface area contributed by atoms with Crippen molar-refractivity contribution in [2.24, 2.45) is 5.73 Å². The summed E-state index contributed by atoms with van der Waals surface area (Å²) in [6.45, 7) is 5.13. The standard InChI is InChI=1S/C20H22N4O/c1-14-4-7-16(8-5-14)24-18-9-6-15(20(21)25)12-17(18)22-19(24)13-23-10-2-3-11-23/h4-9,12H,2-3,10-11,13H2,1H3,(H2,21,25). The van der Waals surface area contributed by atoms with Crippen LogP contribution >= 0.6 is 0 Å². The van der Waals surface area contributed by atoms with Gasteiger partial charge in [0.1, 0.15) is 5.82 Å². The average Bonchev–Trinajstić information content (AvgIpc) is 3.22. The zero-order chi connectivity index (χ0) is 17.4. The van der Waals surface area contributed by atoms with E-state index in [2.05, 4.69) is 40.7 Å². The largest absolute Gasteiger partial charge is 0.366 e. The van der Waals surface area contributed by atoms with Crippen molar-refractivity contribution in [2.75, 3.05) is 13.1 Å². The Bertz CT molecular complexity index is 921. The number of aromatic nitrogens is 2. The molecule has 3 aromatic rings. The zero-order valence-electron chi connectivity index (χ0n) is 14.4. The molecule has 0 aliphatic carbocycles. The highest BCUT2D eigenvalue weighted by atomic mass is 16.1. The number of rotatable bonds is 4. The second kappa shape index (κ2) is 6.33. The number of nitrogens with two attached hydrogens (primary N) is 1. The van der Waals surface area contributed by atoms with Gasteiger partial charge in [0, 0.05) is 11.3 Å². The number of benzene rings is 2. The first-order valence-corrected chi connectivity index (χ1v) is 8.72. The smallest absolute Gasteiger partial charge is 0.248 e. The van der Waals surface area contributed by atoms with Crippen LogP contribution in [0.3, 0.4) is 0 Å². The molecule has 1 saturated heterocycles. The van der Waals surface area contributed by atoms with Gasteiger partial charge in [0.15, 0.2) is 0 Å². The minimum atomic E-state index is -0.423. The summed E-state index contributed by atoms with van der Waals surface area (Å²) in [7, 11) is 0. The third-order valence-electron chi connectivity index (χ3n) is 4.86. The van der Waals surface area contributed by atoms with Crippen molar-refractivity contribution in [1.82, 2.24) is 14.5 Å². The lowest BCUT2D eigenvalue weighted by Gasteiger charge is -2.16. The zero-order valence-corrected chi connectivity index (χ0v) is 14.4. The number of imidazole rings is 1. The third kappa shape index (κ3) is 3.03. The molecule has 0 atom stereocenters. The van der Waals surface area contributed by atoms with Crippen LogP contribution in [0.2, 0.25) is 0 Å². The lowest BCUT2D eigenvalue weighted by atomic mass is 10.2. The number of carbonyl (C=O) groups is 1. The molecule has 1 aromatic heterocycles. The fraction of sp³-hybridized carbons (Fsp3) is 0.300. The van der Waals surface area contributed by atoms with E-state index in [4.69, 9.17) is 10.7 Å². The molecule has 2 aromatic carbocycles. The topological polar surface area (TPSA) is 64.2 Å². The van der Waals surface area contributed by atoms with E-state index in [1.165, 1.54) is 18.4 Å². The number of hydrogen-bond acceptors (Lipinski definition) is 3. The Hall–Kier alpha value is -2.66. The number of nitrogens with zero attached hydrogens (tertiary/aromatic N) is 3. The first kappa shape index (κ1) is 15.8. The highest BCUT2D eigenvalue weighted by Gasteiger charge is 2.18. The van der Waals surface area contributed by atoms with E-state index in [0.29, 0.717) is 5.56 Å². The van der Waals surface area contributed by atoms with Crippen LogP contribution < -0.4 is 5.73 Å². The van der Waals surface area contributed by atoms with Crippen molar-refractivity contribution < 1.29 is 4.79 Å². The molecule has 2 heterocycles. The highest BCUT2D eigenvalue weighted by molar-refractivity contribution is 5.96. The molecular weight excluding hydrogens is 312 g/mol. The molecule has 0 unspecified atom stereocenters. The molecule has 2 N–H and O–H groups in total. The number of primary amides is 1. The summed E-state index contributed by atoms with van der Waals surface area (Å²) >= 11 is 0. The summed E-state index contributed by atoms with van der Waals surface area (Å²) in [6.07, 6.45) is 2.49. The minimum Gasteiger partial charge on any atom is -0.366 e. The summed E-state index contributed by atoms with van der Waals surface area (Å²) in [5.74, 6) is 0.579. The lowest BCUT2D eigenvalue weighted by Crippen LogP contribution is -2.21. The van der Waals surface area contributed by atoms with Crippen LogP contribution in [0.4, 0.5) is 0 Å². The molecule has 1 aliphatic rings. The van der Waals surface area contributed by atoms with Crippen LogP contribution in [0.15, 0.2) is 42.5 Å². The van der Waals surface area contributed by atoms with Crippen molar-refractivity contribution >= 4 is 16.9 Å². The molecule has 5 heteroatoms. The van der Waals surface area contributed by atoms with Gasteiger partial charge in [0.05, 0.1) is 17.6 Å². The van der Waals surface area contributed by atoms with Gasteiger partial charge >= 0.3 is 0 Å². The van der Waals surface area contributed by atoms with Gasteiger partial charge in [0.25, 0.3) is 0 Å². The summed E-state index contributed by atoms with van der Waals surface area (Å²) in [4.78, 5) is 18.8. The van der Waals surface area contributed by atoms with Crippen molar-refractivity contribution in [1.29, 1.82) is 0 Å². The summed E-state index contributed by atoms with van der Waals surface area (Å²) in [5.41, 5.74) is 10.1. The molecule has 0 spiro atoms. The summed E-state index contributed by atoms with van der Waals surface area (Å²) in [5, 5.41) is 0. The first-order chi connectivity index (χ1) is 12.1. The molecule has 5 nitrogen and oxygen atoms in total. The van der Waals surface area contributed by atoms with E-state index in [1.54, 1.807) is 12.1 Å². The van der Waals surface area contributed by atoms with Gasteiger partial charge in [-0.05, 0) is 63.2 Å². The van der Waals surface area contributed by atoms with Crippen LogP contribution in [-0.4, -0.2) is 33.4 Å². The van der Waals surface area contributed by atoms with E-state index in [1.807, 2.05) is 6.07 Å². The third-order valence-corrected chi connectivity index (χ3v) is 4.86. The molecular formula is C20H22N4O. The van der Waals surface area contributed by atoms with Gasteiger partial charge < -0.3 is 5.73 Å². The average molecular weight is 334 g/mol. The number of fused-ring (bicyclic) bond motifs is 1. The number of aryl methyl sites for hydroxylation is 1. The normalized spacial score (nSPS) is 15.1. The van der Waals surface area contributed by atoms with E-state index in [-0.39, 0.29) is 0 Å². The maximum absolute atomic E-state index is 11.5. The van der Waals surface area contributed by atoms with Crippen molar-refractivity contribution in [3.63, 3.8) is 0 Å². The molecule has 0 radical (unpaired) electrons. The fourth-order valence-electron chi connectivity index (χ4n) is 3.51.